The Hall–Kier alpha value is -1.32. The van der Waals surface area contributed by atoms with Crippen molar-refractivity contribution in [2.75, 3.05) is 17.6 Å². The van der Waals surface area contributed by atoms with Gasteiger partial charge in [-0.1, -0.05) is 26.7 Å². The number of alkyl halides is 2. The molecule has 0 amide bonds. The lowest BCUT2D eigenvalue weighted by molar-refractivity contribution is 0.152. The standard InChI is InChI=1S/C14H22F2N2/c1-10(2)5-3-4-8-18-13-7-6-11(17)9-12(13)14(15)16/h6-7,9-10,14,18H,3-5,8,17H2,1-2H3. The highest BCUT2D eigenvalue weighted by atomic mass is 19.3. The van der Waals surface area contributed by atoms with Crippen molar-refractivity contribution < 1.29 is 8.78 Å². The zero-order chi connectivity index (χ0) is 13.5. The first-order valence-corrected chi connectivity index (χ1v) is 6.42. The van der Waals surface area contributed by atoms with Crippen LogP contribution in [0, 0.1) is 5.92 Å². The highest BCUT2D eigenvalue weighted by Crippen LogP contribution is 2.28. The first-order valence-electron chi connectivity index (χ1n) is 6.42. The van der Waals surface area contributed by atoms with E-state index >= 15 is 0 Å². The predicted octanol–water partition coefficient (Wildman–Crippen LogP) is 4.44. The van der Waals surface area contributed by atoms with Crippen LogP contribution in [0.4, 0.5) is 20.2 Å². The van der Waals surface area contributed by atoms with Crippen LogP contribution in [0.3, 0.4) is 0 Å². The Morgan fingerprint density at radius 2 is 1.94 bits per heavy atom. The van der Waals surface area contributed by atoms with Gasteiger partial charge in [0.1, 0.15) is 0 Å². The molecule has 0 bridgehead atoms. The number of hydrogen-bond acceptors (Lipinski definition) is 2. The highest BCUT2D eigenvalue weighted by Gasteiger charge is 2.12. The molecule has 0 aliphatic heterocycles. The van der Waals surface area contributed by atoms with Crippen LogP contribution in [-0.2, 0) is 0 Å². The second-order valence-electron chi connectivity index (χ2n) is 4.96. The van der Waals surface area contributed by atoms with E-state index in [4.69, 9.17) is 5.73 Å². The number of halogens is 2. The van der Waals surface area contributed by atoms with Crippen molar-refractivity contribution in [1.29, 1.82) is 0 Å². The van der Waals surface area contributed by atoms with E-state index in [0.717, 1.165) is 19.4 Å². The number of anilines is 2. The van der Waals surface area contributed by atoms with E-state index in [1.54, 1.807) is 12.1 Å². The molecule has 0 saturated carbocycles. The lowest BCUT2D eigenvalue weighted by atomic mass is 10.1. The third kappa shape index (κ3) is 4.90. The monoisotopic (exact) mass is 256 g/mol. The van der Waals surface area contributed by atoms with Gasteiger partial charge in [-0.25, -0.2) is 8.78 Å². The Kier molecular flexibility index (Phi) is 5.89. The molecule has 0 unspecified atom stereocenters. The molecule has 0 aliphatic rings. The Labute approximate surface area is 108 Å². The van der Waals surface area contributed by atoms with Gasteiger partial charge in [0.2, 0.25) is 0 Å². The molecule has 1 rings (SSSR count). The molecule has 0 saturated heterocycles. The minimum absolute atomic E-state index is 0.0149. The van der Waals surface area contributed by atoms with E-state index in [-0.39, 0.29) is 5.56 Å². The Morgan fingerprint density at radius 1 is 1.22 bits per heavy atom. The summed E-state index contributed by atoms with van der Waals surface area (Å²) in [5.41, 5.74) is 6.36. The molecule has 1 aromatic carbocycles. The molecule has 0 heterocycles. The second-order valence-corrected chi connectivity index (χ2v) is 4.96. The molecule has 0 fully saturated rings. The van der Waals surface area contributed by atoms with Crippen LogP contribution in [-0.4, -0.2) is 6.54 Å². The number of benzene rings is 1. The van der Waals surface area contributed by atoms with Crippen LogP contribution in [0.5, 0.6) is 0 Å². The van der Waals surface area contributed by atoms with E-state index < -0.39 is 6.43 Å². The van der Waals surface area contributed by atoms with Crippen molar-refractivity contribution in [2.45, 2.75) is 39.5 Å². The zero-order valence-corrected chi connectivity index (χ0v) is 11.0. The van der Waals surface area contributed by atoms with Crippen molar-refractivity contribution >= 4 is 11.4 Å². The Bertz CT molecular complexity index is 365. The number of unbranched alkanes of at least 4 members (excludes halogenated alkanes) is 1. The third-order valence-electron chi connectivity index (χ3n) is 2.83. The van der Waals surface area contributed by atoms with Crippen LogP contribution in [0.2, 0.25) is 0 Å². The quantitative estimate of drug-likeness (QED) is 0.559. The molecule has 0 spiro atoms. The average Bonchev–Trinajstić information content (AvgIpc) is 2.29. The van der Waals surface area contributed by atoms with Gasteiger partial charge in [-0.05, 0) is 30.5 Å². The third-order valence-corrected chi connectivity index (χ3v) is 2.83. The zero-order valence-electron chi connectivity index (χ0n) is 11.0. The molecule has 2 nitrogen and oxygen atoms in total. The SMILES string of the molecule is CC(C)CCCCNc1ccc(N)cc1C(F)F. The molecule has 3 N–H and O–H groups in total. The van der Waals surface area contributed by atoms with Gasteiger partial charge >= 0.3 is 0 Å². The van der Waals surface area contributed by atoms with Crippen LogP contribution in [0.1, 0.15) is 45.1 Å². The summed E-state index contributed by atoms with van der Waals surface area (Å²) in [6.07, 6.45) is 0.784. The first kappa shape index (κ1) is 14.7. The van der Waals surface area contributed by atoms with E-state index in [9.17, 15) is 8.78 Å². The molecule has 1 aromatic rings. The molecule has 0 radical (unpaired) electrons. The molecule has 0 atom stereocenters. The fraction of sp³-hybridized carbons (Fsp3) is 0.571. The Balaban J connectivity index is 2.46. The second kappa shape index (κ2) is 7.19. The topological polar surface area (TPSA) is 38.0 Å². The molecule has 0 aromatic heterocycles. The van der Waals surface area contributed by atoms with E-state index in [0.29, 0.717) is 17.3 Å². The van der Waals surface area contributed by atoms with Crippen LogP contribution >= 0.6 is 0 Å². The summed E-state index contributed by atoms with van der Waals surface area (Å²) in [5, 5.41) is 3.06. The summed E-state index contributed by atoms with van der Waals surface area (Å²) in [6, 6.07) is 4.60. The molecule has 102 valence electrons. The van der Waals surface area contributed by atoms with Gasteiger partial charge in [0, 0.05) is 23.5 Å². The highest BCUT2D eigenvalue weighted by molar-refractivity contribution is 5.58. The van der Waals surface area contributed by atoms with Crippen LogP contribution in [0.15, 0.2) is 18.2 Å². The summed E-state index contributed by atoms with van der Waals surface area (Å²) in [7, 11) is 0. The summed E-state index contributed by atoms with van der Waals surface area (Å²) >= 11 is 0. The van der Waals surface area contributed by atoms with Crippen molar-refractivity contribution in [3.8, 4) is 0 Å². The molecular formula is C14H22F2N2. The predicted molar refractivity (Wildman–Crippen MR) is 73.0 cm³/mol. The summed E-state index contributed by atoms with van der Waals surface area (Å²) in [4.78, 5) is 0. The van der Waals surface area contributed by atoms with Gasteiger partial charge in [0.15, 0.2) is 0 Å². The minimum Gasteiger partial charge on any atom is -0.399 e. The number of nitrogens with one attached hydrogen (secondary N) is 1. The van der Waals surface area contributed by atoms with Gasteiger partial charge in [-0.15, -0.1) is 0 Å². The lowest BCUT2D eigenvalue weighted by Crippen LogP contribution is -2.05. The summed E-state index contributed by atoms with van der Waals surface area (Å²) in [6.45, 7) is 5.08. The number of nitrogen functional groups attached to an aromatic ring is 1. The average molecular weight is 256 g/mol. The lowest BCUT2D eigenvalue weighted by Gasteiger charge is -2.12. The van der Waals surface area contributed by atoms with E-state index in [2.05, 4.69) is 19.2 Å². The fourth-order valence-corrected chi connectivity index (χ4v) is 1.82. The normalized spacial score (nSPS) is 11.2. The van der Waals surface area contributed by atoms with Gasteiger partial charge in [0.05, 0.1) is 0 Å². The Morgan fingerprint density at radius 3 is 2.56 bits per heavy atom. The van der Waals surface area contributed by atoms with Crippen molar-refractivity contribution in [2.24, 2.45) is 5.92 Å². The van der Waals surface area contributed by atoms with Crippen molar-refractivity contribution in [3.63, 3.8) is 0 Å². The van der Waals surface area contributed by atoms with Crippen molar-refractivity contribution in [1.82, 2.24) is 0 Å². The largest absolute Gasteiger partial charge is 0.399 e. The van der Waals surface area contributed by atoms with Crippen LogP contribution < -0.4 is 11.1 Å². The first-order chi connectivity index (χ1) is 8.50. The maximum Gasteiger partial charge on any atom is 0.265 e. The van der Waals surface area contributed by atoms with Gasteiger partial charge in [0.25, 0.3) is 6.43 Å². The smallest absolute Gasteiger partial charge is 0.265 e. The molecule has 4 heteroatoms. The number of rotatable bonds is 7. The number of nitrogens with two attached hydrogens (primary N) is 1. The maximum absolute atomic E-state index is 12.8. The van der Waals surface area contributed by atoms with Gasteiger partial charge in [-0.2, -0.15) is 0 Å². The minimum atomic E-state index is -2.49. The van der Waals surface area contributed by atoms with Gasteiger partial charge < -0.3 is 11.1 Å². The maximum atomic E-state index is 12.8. The summed E-state index contributed by atoms with van der Waals surface area (Å²) in [5.74, 6) is 0.693. The number of hydrogen-bond donors (Lipinski definition) is 2. The van der Waals surface area contributed by atoms with E-state index in [1.807, 2.05) is 0 Å². The molecule has 0 aliphatic carbocycles. The summed E-state index contributed by atoms with van der Waals surface area (Å²) < 4.78 is 25.6. The fourth-order valence-electron chi connectivity index (χ4n) is 1.82. The van der Waals surface area contributed by atoms with Crippen LogP contribution in [0.25, 0.3) is 0 Å². The van der Waals surface area contributed by atoms with Crippen molar-refractivity contribution in [3.05, 3.63) is 23.8 Å². The molecular weight excluding hydrogens is 234 g/mol. The van der Waals surface area contributed by atoms with E-state index in [1.165, 1.54) is 12.5 Å². The molecule has 18 heavy (non-hydrogen) atoms. The van der Waals surface area contributed by atoms with Gasteiger partial charge in [-0.3, -0.25) is 0 Å².